The van der Waals surface area contributed by atoms with Gasteiger partial charge < -0.3 is 15.0 Å². The van der Waals surface area contributed by atoms with Crippen LogP contribution in [0.3, 0.4) is 0 Å². The van der Waals surface area contributed by atoms with Crippen molar-refractivity contribution in [1.29, 1.82) is 0 Å². The Hall–Kier alpha value is -4.68. The molecule has 3 aliphatic rings. The first-order chi connectivity index (χ1) is 20.5. The van der Waals surface area contributed by atoms with E-state index in [4.69, 9.17) is 11.2 Å². The molecule has 42 heavy (non-hydrogen) atoms. The highest BCUT2D eigenvalue weighted by Crippen LogP contribution is 2.36. The van der Waals surface area contributed by atoms with Crippen LogP contribution in [0.4, 0.5) is 5.69 Å². The van der Waals surface area contributed by atoms with E-state index in [0.29, 0.717) is 50.6 Å². The number of fused-ring (bicyclic) bond motifs is 1. The number of H-pyrrole nitrogens is 1. The standard InChI is InChI=1S/C33H34N6O3/c1-3-13-33(14-18-38(22-33)21-30(40)39-16-11-24(12-17-39)23-6-4-5-7-23)32(41)35-26-8-9-28-27(20-26)31(37-36-28)25-10-15-34-29(19-25)42-2/h1,4,6-11,15,19-20H,5,12-14,16-18,21-22H2,2H3,(H,35,41)(H,36,37). The molecule has 2 N–H and O–H groups in total. The topological polar surface area (TPSA) is 103 Å². The highest BCUT2D eigenvalue weighted by atomic mass is 16.5. The highest BCUT2D eigenvalue weighted by molar-refractivity contribution is 6.00. The SMILES string of the molecule is C#CCC1(C(=O)Nc2ccc3[nH]nc(-c4ccnc(OC)c4)c3c2)CCN(CC(=O)N2CC=C(C3=CCC=C3)CC2)C1. The van der Waals surface area contributed by atoms with Gasteiger partial charge in [-0.25, -0.2) is 4.98 Å². The fourth-order valence-corrected chi connectivity index (χ4v) is 6.09. The zero-order valence-corrected chi connectivity index (χ0v) is 23.7. The summed E-state index contributed by atoms with van der Waals surface area (Å²) in [5.41, 5.74) is 4.93. The van der Waals surface area contributed by atoms with Crippen molar-refractivity contribution in [3.8, 4) is 29.5 Å². The van der Waals surface area contributed by atoms with E-state index < -0.39 is 5.41 Å². The fourth-order valence-electron chi connectivity index (χ4n) is 6.09. The second kappa shape index (κ2) is 11.7. The van der Waals surface area contributed by atoms with E-state index in [0.717, 1.165) is 35.0 Å². The van der Waals surface area contributed by atoms with Gasteiger partial charge in [0.25, 0.3) is 0 Å². The number of aromatic amines is 1. The first kappa shape index (κ1) is 27.5. The Balaban J connectivity index is 1.13. The smallest absolute Gasteiger partial charge is 0.237 e. The third kappa shape index (κ3) is 5.46. The molecule has 9 heteroatoms. The summed E-state index contributed by atoms with van der Waals surface area (Å²) in [7, 11) is 1.57. The van der Waals surface area contributed by atoms with Crippen molar-refractivity contribution >= 4 is 28.4 Å². The first-order valence-corrected chi connectivity index (χ1v) is 14.3. The molecule has 1 fully saturated rings. The van der Waals surface area contributed by atoms with Crippen LogP contribution in [-0.2, 0) is 9.59 Å². The molecule has 214 valence electrons. The molecule has 1 saturated heterocycles. The molecule has 3 aromatic rings. The molecule has 0 saturated carbocycles. The molecule has 1 unspecified atom stereocenters. The number of rotatable bonds is 8. The molecule has 2 aliphatic heterocycles. The maximum atomic E-state index is 13.7. The number of amides is 2. The molecule has 1 atom stereocenters. The van der Waals surface area contributed by atoms with E-state index in [-0.39, 0.29) is 18.4 Å². The molecular weight excluding hydrogens is 528 g/mol. The normalized spacial score (nSPS) is 20.3. The molecule has 1 aromatic carbocycles. The number of methoxy groups -OCH3 is 1. The number of likely N-dealkylation sites (tertiary alicyclic amines) is 1. The quantitative estimate of drug-likeness (QED) is 0.396. The van der Waals surface area contributed by atoms with Crippen LogP contribution in [0.1, 0.15) is 25.7 Å². The van der Waals surface area contributed by atoms with Crippen molar-refractivity contribution in [1.82, 2.24) is 25.0 Å². The monoisotopic (exact) mass is 562 g/mol. The zero-order chi connectivity index (χ0) is 29.1. The first-order valence-electron chi connectivity index (χ1n) is 14.3. The number of nitrogens with zero attached hydrogens (tertiary/aromatic N) is 4. The van der Waals surface area contributed by atoms with Crippen molar-refractivity contribution in [3.05, 3.63) is 72.0 Å². The fraction of sp³-hybridized carbons (Fsp3) is 0.333. The lowest BCUT2D eigenvalue weighted by atomic mass is 9.82. The third-order valence-corrected chi connectivity index (χ3v) is 8.46. The molecule has 6 rings (SSSR count). The van der Waals surface area contributed by atoms with E-state index in [2.05, 4.69) is 55.6 Å². The van der Waals surface area contributed by atoms with Gasteiger partial charge in [-0.1, -0.05) is 24.3 Å². The Bertz CT molecular complexity index is 1660. The number of carbonyl (C=O) groups excluding carboxylic acids is 2. The second-order valence-corrected chi connectivity index (χ2v) is 11.1. The average molecular weight is 563 g/mol. The van der Waals surface area contributed by atoms with E-state index >= 15 is 0 Å². The Morgan fingerprint density at radius 2 is 2.12 bits per heavy atom. The van der Waals surface area contributed by atoms with Crippen molar-refractivity contribution in [2.24, 2.45) is 5.41 Å². The molecule has 9 nitrogen and oxygen atoms in total. The number of nitrogens with one attached hydrogen (secondary N) is 2. The van der Waals surface area contributed by atoms with Crippen LogP contribution in [-0.4, -0.2) is 76.6 Å². The lowest BCUT2D eigenvalue weighted by Gasteiger charge is -2.30. The number of hydrogen-bond acceptors (Lipinski definition) is 6. The van der Waals surface area contributed by atoms with Crippen molar-refractivity contribution < 1.29 is 14.3 Å². The molecule has 4 heterocycles. The Morgan fingerprint density at radius 1 is 1.21 bits per heavy atom. The zero-order valence-electron chi connectivity index (χ0n) is 23.7. The minimum atomic E-state index is -0.766. The van der Waals surface area contributed by atoms with E-state index in [1.807, 2.05) is 35.2 Å². The van der Waals surface area contributed by atoms with Crippen molar-refractivity contribution in [2.45, 2.75) is 25.7 Å². The van der Waals surface area contributed by atoms with E-state index in [1.165, 1.54) is 11.1 Å². The van der Waals surface area contributed by atoms with Gasteiger partial charge in [0, 0.05) is 55.0 Å². The Kier molecular flexibility index (Phi) is 7.64. The summed E-state index contributed by atoms with van der Waals surface area (Å²) >= 11 is 0. The third-order valence-electron chi connectivity index (χ3n) is 8.46. The Labute approximate surface area is 245 Å². The van der Waals surface area contributed by atoms with Gasteiger partial charge in [0.2, 0.25) is 17.7 Å². The van der Waals surface area contributed by atoms with Crippen LogP contribution in [0, 0.1) is 17.8 Å². The molecule has 2 amide bonds. The predicted molar refractivity (Wildman–Crippen MR) is 163 cm³/mol. The lowest BCUT2D eigenvalue weighted by molar-refractivity contribution is -0.132. The van der Waals surface area contributed by atoms with Gasteiger partial charge in [-0.2, -0.15) is 5.10 Å². The maximum Gasteiger partial charge on any atom is 0.237 e. The van der Waals surface area contributed by atoms with Crippen LogP contribution in [0.2, 0.25) is 0 Å². The summed E-state index contributed by atoms with van der Waals surface area (Å²) in [6, 6.07) is 9.34. The molecular formula is C33H34N6O3. The van der Waals surface area contributed by atoms with Crippen molar-refractivity contribution in [2.75, 3.05) is 45.2 Å². The van der Waals surface area contributed by atoms with E-state index in [9.17, 15) is 9.59 Å². The van der Waals surface area contributed by atoms with Gasteiger partial charge in [0.1, 0.15) is 5.69 Å². The number of terminal acetylenes is 1. The number of pyridine rings is 1. The highest BCUT2D eigenvalue weighted by Gasteiger charge is 2.44. The van der Waals surface area contributed by atoms with Crippen molar-refractivity contribution in [3.63, 3.8) is 0 Å². The number of hydrogen-bond donors (Lipinski definition) is 2. The Morgan fingerprint density at radius 3 is 2.88 bits per heavy atom. The minimum Gasteiger partial charge on any atom is -0.481 e. The number of benzene rings is 1. The van der Waals surface area contributed by atoms with Gasteiger partial charge in [-0.15, -0.1) is 12.3 Å². The number of allylic oxidation sites excluding steroid dienone is 4. The van der Waals surface area contributed by atoms with E-state index in [1.54, 1.807) is 13.3 Å². The maximum absolute atomic E-state index is 13.7. The van der Waals surface area contributed by atoms with Gasteiger partial charge >= 0.3 is 0 Å². The average Bonchev–Trinajstić information content (AvgIpc) is 3.78. The summed E-state index contributed by atoms with van der Waals surface area (Å²) in [5, 5.41) is 11.5. The molecule has 0 radical (unpaired) electrons. The molecule has 0 spiro atoms. The van der Waals surface area contributed by atoms with Gasteiger partial charge in [0.05, 0.1) is 24.6 Å². The lowest BCUT2D eigenvalue weighted by Crippen LogP contribution is -2.44. The minimum absolute atomic E-state index is 0.0869. The van der Waals surface area contributed by atoms with Crippen LogP contribution in [0.15, 0.2) is 72.0 Å². The molecule has 0 bridgehead atoms. The van der Waals surface area contributed by atoms with Gasteiger partial charge in [0.15, 0.2) is 0 Å². The van der Waals surface area contributed by atoms with Crippen LogP contribution in [0.5, 0.6) is 5.88 Å². The largest absolute Gasteiger partial charge is 0.481 e. The number of anilines is 1. The van der Waals surface area contributed by atoms with Gasteiger partial charge in [-0.3, -0.25) is 19.6 Å². The number of ether oxygens (including phenoxy) is 1. The number of carbonyl (C=O) groups is 2. The van der Waals surface area contributed by atoms with Crippen LogP contribution in [0.25, 0.3) is 22.2 Å². The summed E-state index contributed by atoms with van der Waals surface area (Å²) in [6.07, 6.45) is 18.9. The number of aromatic nitrogens is 3. The van der Waals surface area contributed by atoms with Crippen LogP contribution < -0.4 is 10.1 Å². The summed E-state index contributed by atoms with van der Waals surface area (Å²) in [5.74, 6) is 3.17. The van der Waals surface area contributed by atoms with Gasteiger partial charge in [-0.05, 0) is 61.2 Å². The van der Waals surface area contributed by atoms with Crippen LogP contribution >= 0.6 is 0 Å². The summed E-state index contributed by atoms with van der Waals surface area (Å²) in [4.78, 5) is 35.0. The summed E-state index contributed by atoms with van der Waals surface area (Å²) < 4.78 is 5.27. The second-order valence-electron chi connectivity index (χ2n) is 11.1. The predicted octanol–water partition coefficient (Wildman–Crippen LogP) is 4.33. The summed E-state index contributed by atoms with van der Waals surface area (Å²) in [6.45, 7) is 2.70. The molecule has 2 aromatic heterocycles. The molecule has 1 aliphatic carbocycles.